The Morgan fingerprint density at radius 1 is 1.42 bits per heavy atom. The molecule has 1 nitrogen and oxygen atoms in total. The third-order valence-electron chi connectivity index (χ3n) is 3.39. The molecule has 1 fully saturated rings. The van der Waals surface area contributed by atoms with Gasteiger partial charge in [-0.1, -0.05) is 27.5 Å². The van der Waals surface area contributed by atoms with Gasteiger partial charge in [0.25, 0.3) is 0 Å². The summed E-state index contributed by atoms with van der Waals surface area (Å²) in [6.07, 6.45) is 5.62. The van der Waals surface area contributed by atoms with E-state index in [2.05, 4.69) is 31.9 Å². The van der Waals surface area contributed by atoms with Gasteiger partial charge in [-0.3, -0.25) is 0 Å². The first-order valence-electron chi connectivity index (χ1n) is 6.48. The first kappa shape index (κ1) is 15.7. The zero-order valence-corrected chi connectivity index (χ0v) is 14.4. The Morgan fingerprint density at radius 2 is 2.21 bits per heavy atom. The van der Waals surface area contributed by atoms with E-state index in [1.807, 2.05) is 0 Å². The fourth-order valence-corrected chi connectivity index (χ4v) is 3.40. The summed E-state index contributed by atoms with van der Waals surface area (Å²) < 4.78 is 20.2. The summed E-state index contributed by atoms with van der Waals surface area (Å²) >= 11 is 12.8. The summed E-state index contributed by atoms with van der Waals surface area (Å²) in [6.45, 7) is 0.857. The van der Waals surface area contributed by atoms with Crippen molar-refractivity contribution in [3.05, 3.63) is 33.0 Å². The summed E-state index contributed by atoms with van der Waals surface area (Å²) in [6, 6.07) is 3.10. The number of hydrogen-bond acceptors (Lipinski definition) is 1. The lowest BCUT2D eigenvalue weighted by molar-refractivity contribution is 0.0101. The number of hydrogen-bond donors (Lipinski definition) is 0. The van der Waals surface area contributed by atoms with Gasteiger partial charge in [-0.15, -0.1) is 0 Å². The highest BCUT2D eigenvalue weighted by molar-refractivity contribution is 9.10. The van der Waals surface area contributed by atoms with Gasteiger partial charge in [0.2, 0.25) is 0 Å². The molecule has 106 valence electrons. The number of alkyl halides is 1. The zero-order chi connectivity index (χ0) is 13.8. The van der Waals surface area contributed by atoms with Crippen LogP contribution in [-0.2, 0) is 4.74 Å². The van der Waals surface area contributed by atoms with Crippen LogP contribution in [0.2, 0.25) is 5.02 Å². The Bertz CT molecular complexity index is 436. The van der Waals surface area contributed by atoms with E-state index in [0.29, 0.717) is 21.2 Å². The average Bonchev–Trinajstić information content (AvgIpc) is 2.41. The Kier molecular flexibility index (Phi) is 6.12. The molecule has 1 heterocycles. The summed E-state index contributed by atoms with van der Waals surface area (Å²) in [5.41, 5.74) is 0.615. The Labute approximate surface area is 135 Å². The second kappa shape index (κ2) is 7.39. The molecule has 1 aliphatic heterocycles. The van der Waals surface area contributed by atoms with E-state index in [9.17, 15) is 4.39 Å². The second-order valence-electron chi connectivity index (χ2n) is 4.82. The number of benzene rings is 1. The van der Waals surface area contributed by atoms with Crippen molar-refractivity contribution in [1.82, 2.24) is 0 Å². The molecule has 2 rings (SSSR count). The molecule has 1 aromatic rings. The van der Waals surface area contributed by atoms with Crippen LogP contribution in [0.15, 0.2) is 16.6 Å². The van der Waals surface area contributed by atoms with Gasteiger partial charge in [-0.05, 0) is 60.2 Å². The first-order valence-corrected chi connectivity index (χ1v) is 8.56. The largest absolute Gasteiger partial charge is 0.378 e. The molecule has 0 N–H and O–H groups in total. The van der Waals surface area contributed by atoms with Crippen LogP contribution in [0.5, 0.6) is 0 Å². The second-order valence-corrected chi connectivity index (χ2v) is 7.19. The van der Waals surface area contributed by atoms with Crippen molar-refractivity contribution >= 4 is 43.5 Å². The smallest absolute Gasteiger partial charge is 0.128 e. The number of ether oxygens (including phenoxy) is 1. The normalized spacial score (nSPS) is 21.4. The lowest BCUT2D eigenvalue weighted by Gasteiger charge is -2.23. The van der Waals surface area contributed by atoms with Crippen molar-refractivity contribution in [2.24, 2.45) is 0 Å². The Balaban J connectivity index is 1.95. The van der Waals surface area contributed by atoms with Gasteiger partial charge in [0, 0.05) is 21.5 Å². The van der Waals surface area contributed by atoms with Gasteiger partial charge in [-0.2, -0.15) is 0 Å². The fraction of sp³-hybridized carbons (Fsp3) is 0.571. The third-order valence-corrected chi connectivity index (χ3v) is 5.54. The van der Waals surface area contributed by atoms with E-state index < -0.39 is 0 Å². The first-order chi connectivity index (χ1) is 9.08. The molecule has 0 aromatic heterocycles. The maximum atomic E-state index is 13.9. The van der Waals surface area contributed by atoms with Crippen LogP contribution in [0.3, 0.4) is 0 Å². The van der Waals surface area contributed by atoms with Gasteiger partial charge in [0.05, 0.1) is 11.1 Å². The summed E-state index contributed by atoms with van der Waals surface area (Å²) in [4.78, 5) is -0.0244. The highest BCUT2D eigenvalue weighted by Crippen LogP contribution is 2.35. The molecule has 0 spiro atoms. The van der Waals surface area contributed by atoms with E-state index in [-0.39, 0.29) is 10.6 Å². The van der Waals surface area contributed by atoms with Crippen LogP contribution in [0.1, 0.15) is 42.5 Å². The highest BCUT2D eigenvalue weighted by atomic mass is 79.9. The Hall–Kier alpha value is 0.360. The van der Waals surface area contributed by atoms with Crippen molar-refractivity contribution in [3.8, 4) is 0 Å². The minimum Gasteiger partial charge on any atom is -0.378 e. The molecule has 1 aliphatic rings. The van der Waals surface area contributed by atoms with E-state index >= 15 is 0 Å². The maximum Gasteiger partial charge on any atom is 0.128 e. The van der Waals surface area contributed by atoms with Crippen molar-refractivity contribution in [2.75, 3.05) is 6.61 Å². The molecule has 0 aliphatic carbocycles. The standard InChI is InChI=1S/C14H16Br2ClFO/c15-11(5-4-9-3-1-2-6-19-9)10-7-13(17)12(16)8-14(10)18/h7-9,11H,1-6H2. The van der Waals surface area contributed by atoms with Gasteiger partial charge in [-0.25, -0.2) is 4.39 Å². The van der Waals surface area contributed by atoms with E-state index in [4.69, 9.17) is 16.3 Å². The van der Waals surface area contributed by atoms with E-state index in [1.54, 1.807) is 6.07 Å². The molecule has 2 atom stereocenters. The van der Waals surface area contributed by atoms with E-state index in [0.717, 1.165) is 32.3 Å². The van der Waals surface area contributed by atoms with Crippen LogP contribution < -0.4 is 0 Å². The van der Waals surface area contributed by atoms with Crippen LogP contribution >= 0.6 is 43.5 Å². The minimum atomic E-state index is -0.234. The lowest BCUT2D eigenvalue weighted by atomic mass is 10.0. The zero-order valence-electron chi connectivity index (χ0n) is 10.5. The molecular weight excluding hydrogens is 398 g/mol. The summed E-state index contributed by atoms with van der Waals surface area (Å²) in [5.74, 6) is -0.234. The summed E-state index contributed by atoms with van der Waals surface area (Å²) in [5, 5.41) is 0.537. The van der Waals surface area contributed by atoms with Crippen molar-refractivity contribution in [2.45, 2.75) is 43.0 Å². The number of rotatable bonds is 4. The third kappa shape index (κ3) is 4.42. The lowest BCUT2D eigenvalue weighted by Crippen LogP contribution is -2.19. The van der Waals surface area contributed by atoms with Crippen molar-refractivity contribution in [3.63, 3.8) is 0 Å². The van der Waals surface area contributed by atoms with E-state index in [1.165, 1.54) is 12.5 Å². The molecule has 2 unspecified atom stereocenters. The predicted octanol–water partition coefficient (Wildman–Crippen LogP) is 6.03. The molecule has 1 saturated heterocycles. The maximum absolute atomic E-state index is 13.9. The van der Waals surface area contributed by atoms with Gasteiger partial charge < -0.3 is 4.74 Å². The SMILES string of the molecule is Fc1cc(Br)c(Cl)cc1C(Br)CCC1CCCCO1. The van der Waals surface area contributed by atoms with Crippen LogP contribution in [0.4, 0.5) is 4.39 Å². The molecule has 19 heavy (non-hydrogen) atoms. The van der Waals surface area contributed by atoms with Gasteiger partial charge in [0.15, 0.2) is 0 Å². The van der Waals surface area contributed by atoms with Crippen LogP contribution in [0.25, 0.3) is 0 Å². The fourth-order valence-electron chi connectivity index (χ4n) is 2.30. The molecular formula is C14H16Br2ClFO. The molecule has 0 bridgehead atoms. The Morgan fingerprint density at radius 3 is 2.89 bits per heavy atom. The molecule has 1 aromatic carbocycles. The van der Waals surface area contributed by atoms with Crippen LogP contribution in [0, 0.1) is 5.82 Å². The van der Waals surface area contributed by atoms with Gasteiger partial charge in [0.1, 0.15) is 5.82 Å². The predicted molar refractivity (Wildman–Crippen MR) is 83.6 cm³/mol. The van der Waals surface area contributed by atoms with Crippen molar-refractivity contribution in [1.29, 1.82) is 0 Å². The molecule has 5 heteroatoms. The monoisotopic (exact) mass is 412 g/mol. The quantitative estimate of drug-likeness (QED) is 0.432. The van der Waals surface area contributed by atoms with Crippen molar-refractivity contribution < 1.29 is 9.13 Å². The topological polar surface area (TPSA) is 9.23 Å². The molecule has 0 amide bonds. The minimum absolute atomic E-state index is 0.0244. The van der Waals surface area contributed by atoms with Gasteiger partial charge >= 0.3 is 0 Å². The molecule has 0 saturated carbocycles. The average molecular weight is 415 g/mol. The number of halogens is 4. The van der Waals surface area contributed by atoms with Crippen LogP contribution in [-0.4, -0.2) is 12.7 Å². The molecule has 0 radical (unpaired) electrons. The summed E-state index contributed by atoms with van der Waals surface area (Å²) in [7, 11) is 0. The highest BCUT2D eigenvalue weighted by Gasteiger charge is 2.19.